The largest absolute Gasteiger partial charge is 0.454 e. The summed E-state index contributed by atoms with van der Waals surface area (Å²) in [6.07, 6.45) is 3.82. The first kappa shape index (κ1) is 14.5. The smallest absolute Gasteiger partial charge is 0.231 e. The highest BCUT2D eigenvalue weighted by molar-refractivity contribution is 5.44. The fraction of sp³-hybridized carbons (Fsp3) is 0.389. The van der Waals surface area contributed by atoms with Gasteiger partial charge in [-0.3, -0.25) is 4.98 Å². The normalized spacial score (nSPS) is 23.0. The predicted octanol–water partition coefficient (Wildman–Crippen LogP) is -0.706. The molecule has 5 heteroatoms. The van der Waals surface area contributed by atoms with E-state index in [1.807, 2.05) is 24.5 Å². The van der Waals surface area contributed by atoms with E-state index in [1.165, 1.54) is 37.3 Å². The van der Waals surface area contributed by atoms with Gasteiger partial charge >= 0.3 is 0 Å². The molecule has 2 N–H and O–H groups in total. The van der Waals surface area contributed by atoms with Crippen LogP contribution < -0.4 is 19.3 Å². The lowest BCUT2D eigenvalue weighted by atomic mass is 10.1. The average molecular weight is 313 g/mol. The number of quaternary nitrogens is 2. The van der Waals surface area contributed by atoms with Gasteiger partial charge < -0.3 is 19.3 Å². The molecule has 1 saturated heterocycles. The van der Waals surface area contributed by atoms with Crippen LogP contribution in [0.1, 0.15) is 11.1 Å². The Morgan fingerprint density at radius 2 is 1.61 bits per heavy atom. The van der Waals surface area contributed by atoms with Gasteiger partial charge in [0.25, 0.3) is 0 Å². The van der Waals surface area contributed by atoms with E-state index in [4.69, 9.17) is 9.47 Å². The van der Waals surface area contributed by atoms with Crippen molar-refractivity contribution in [3.8, 4) is 11.5 Å². The predicted molar refractivity (Wildman–Crippen MR) is 85.6 cm³/mol. The van der Waals surface area contributed by atoms with Crippen LogP contribution in [-0.4, -0.2) is 38.0 Å². The molecule has 0 unspecified atom stereocenters. The van der Waals surface area contributed by atoms with E-state index >= 15 is 0 Å². The molecule has 0 aliphatic carbocycles. The number of ether oxygens (including phenoxy) is 2. The number of nitrogens with one attached hydrogen (secondary N) is 2. The van der Waals surface area contributed by atoms with Crippen LogP contribution in [0.4, 0.5) is 0 Å². The molecular formula is C18H23N3O2+2. The lowest BCUT2D eigenvalue weighted by Crippen LogP contribution is -3.27. The van der Waals surface area contributed by atoms with Crippen LogP contribution in [0.3, 0.4) is 0 Å². The molecule has 1 fully saturated rings. The minimum absolute atomic E-state index is 0.349. The van der Waals surface area contributed by atoms with Crippen molar-refractivity contribution in [2.24, 2.45) is 0 Å². The number of hydrogen-bond donors (Lipinski definition) is 2. The van der Waals surface area contributed by atoms with Crippen LogP contribution in [0.5, 0.6) is 11.5 Å². The van der Waals surface area contributed by atoms with Gasteiger partial charge in [-0.2, -0.15) is 0 Å². The molecule has 1 aromatic carbocycles. The molecule has 2 aliphatic rings. The zero-order chi connectivity index (χ0) is 15.5. The fourth-order valence-electron chi connectivity index (χ4n) is 3.44. The molecule has 1 aromatic heterocycles. The molecule has 0 atom stereocenters. The summed E-state index contributed by atoms with van der Waals surface area (Å²) in [5.74, 6) is 1.76. The summed E-state index contributed by atoms with van der Waals surface area (Å²) in [4.78, 5) is 7.52. The Labute approximate surface area is 136 Å². The third-order valence-corrected chi connectivity index (χ3v) is 4.73. The Kier molecular flexibility index (Phi) is 4.13. The molecule has 4 rings (SSSR count). The third kappa shape index (κ3) is 3.46. The Morgan fingerprint density at radius 1 is 0.870 bits per heavy atom. The number of pyridine rings is 1. The van der Waals surface area contributed by atoms with Gasteiger partial charge in [-0.05, 0) is 24.3 Å². The maximum absolute atomic E-state index is 5.47. The van der Waals surface area contributed by atoms with Crippen molar-refractivity contribution in [1.82, 2.24) is 4.98 Å². The Hall–Kier alpha value is -2.11. The molecule has 0 radical (unpaired) electrons. The number of benzene rings is 1. The van der Waals surface area contributed by atoms with Crippen molar-refractivity contribution in [2.45, 2.75) is 13.1 Å². The van der Waals surface area contributed by atoms with E-state index in [0.29, 0.717) is 6.79 Å². The zero-order valence-electron chi connectivity index (χ0n) is 13.3. The molecular weight excluding hydrogens is 290 g/mol. The van der Waals surface area contributed by atoms with E-state index in [0.717, 1.165) is 24.6 Å². The van der Waals surface area contributed by atoms with Crippen LogP contribution >= 0.6 is 0 Å². The summed E-state index contributed by atoms with van der Waals surface area (Å²) < 4.78 is 10.8. The highest BCUT2D eigenvalue weighted by Gasteiger charge is 2.24. The lowest BCUT2D eigenvalue weighted by molar-refractivity contribution is -1.02. The Bertz CT molecular complexity index is 655. The van der Waals surface area contributed by atoms with Crippen LogP contribution in [0.25, 0.3) is 0 Å². The first-order chi connectivity index (χ1) is 11.4. The molecule has 5 nitrogen and oxygen atoms in total. The topological polar surface area (TPSA) is 40.2 Å². The van der Waals surface area contributed by atoms with Crippen LogP contribution in [-0.2, 0) is 13.1 Å². The minimum Gasteiger partial charge on any atom is -0.454 e. The second kappa shape index (κ2) is 6.56. The van der Waals surface area contributed by atoms with Gasteiger partial charge in [-0.15, -0.1) is 0 Å². The number of nitrogens with zero attached hydrogens (tertiary/aromatic N) is 1. The van der Waals surface area contributed by atoms with Crippen molar-refractivity contribution >= 4 is 0 Å². The maximum atomic E-state index is 5.47. The van der Waals surface area contributed by atoms with Gasteiger partial charge in [0, 0.05) is 23.5 Å². The van der Waals surface area contributed by atoms with Crippen molar-refractivity contribution < 1.29 is 19.3 Å². The van der Waals surface area contributed by atoms with Gasteiger partial charge in [-0.25, -0.2) is 0 Å². The standard InChI is InChI=1S/C18H21N3O2/c1-2-16(11-19-5-1)13-21-8-6-20(7-9-21)12-15-3-4-17-18(10-15)23-14-22-17/h1-5,10-11H,6-9,12-14H2/p+2. The molecule has 2 aliphatic heterocycles. The van der Waals surface area contributed by atoms with Crippen molar-refractivity contribution in [1.29, 1.82) is 0 Å². The lowest BCUT2D eigenvalue weighted by Gasteiger charge is -2.29. The molecule has 120 valence electrons. The molecule has 2 aromatic rings. The van der Waals surface area contributed by atoms with E-state index in [-0.39, 0.29) is 0 Å². The SMILES string of the molecule is c1cncc(C[NH+]2CC[NH+](Cc3ccc4c(c3)OCO4)CC2)c1. The number of piperazine rings is 1. The average Bonchev–Trinajstić information content (AvgIpc) is 3.05. The van der Waals surface area contributed by atoms with Gasteiger partial charge in [-0.1, -0.05) is 6.07 Å². The molecule has 23 heavy (non-hydrogen) atoms. The van der Waals surface area contributed by atoms with E-state index < -0.39 is 0 Å². The number of rotatable bonds is 4. The highest BCUT2D eigenvalue weighted by atomic mass is 16.7. The van der Waals surface area contributed by atoms with Gasteiger partial charge in [0.05, 0.1) is 0 Å². The Morgan fingerprint density at radius 3 is 2.35 bits per heavy atom. The molecule has 0 amide bonds. The molecule has 0 spiro atoms. The van der Waals surface area contributed by atoms with Crippen LogP contribution in [0.15, 0.2) is 42.7 Å². The number of aromatic nitrogens is 1. The molecule has 3 heterocycles. The van der Waals surface area contributed by atoms with Crippen molar-refractivity contribution in [3.63, 3.8) is 0 Å². The summed E-state index contributed by atoms with van der Waals surface area (Å²) >= 11 is 0. The Balaban J connectivity index is 1.30. The van der Waals surface area contributed by atoms with Crippen molar-refractivity contribution in [2.75, 3.05) is 33.0 Å². The minimum atomic E-state index is 0.349. The summed E-state index contributed by atoms with van der Waals surface area (Å²) in [5.41, 5.74) is 2.67. The quantitative estimate of drug-likeness (QED) is 0.784. The first-order valence-corrected chi connectivity index (χ1v) is 8.31. The van der Waals surface area contributed by atoms with E-state index in [1.54, 1.807) is 9.80 Å². The molecule has 0 bridgehead atoms. The zero-order valence-corrected chi connectivity index (χ0v) is 13.3. The van der Waals surface area contributed by atoms with Crippen LogP contribution in [0, 0.1) is 0 Å². The monoisotopic (exact) mass is 313 g/mol. The number of fused-ring (bicyclic) bond motifs is 1. The summed E-state index contributed by atoms with van der Waals surface area (Å²) in [6.45, 7) is 7.36. The van der Waals surface area contributed by atoms with Gasteiger partial charge in [0.2, 0.25) is 6.79 Å². The first-order valence-electron chi connectivity index (χ1n) is 8.31. The second-order valence-corrected chi connectivity index (χ2v) is 6.40. The van der Waals surface area contributed by atoms with Gasteiger partial charge in [0.1, 0.15) is 39.3 Å². The maximum Gasteiger partial charge on any atom is 0.231 e. The van der Waals surface area contributed by atoms with E-state index in [2.05, 4.69) is 23.2 Å². The number of hydrogen-bond acceptors (Lipinski definition) is 3. The summed E-state index contributed by atoms with van der Waals surface area (Å²) in [7, 11) is 0. The van der Waals surface area contributed by atoms with Crippen molar-refractivity contribution in [3.05, 3.63) is 53.9 Å². The summed E-state index contributed by atoms with van der Waals surface area (Å²) in [5, 5.41) is 0. The second-order valence-electron chi connectivity index (χ2n) is 6.40. The summed E-state index contributed by atoms with van der Waals surface area (Å²) in [6, 6.07) is 10.5. The van der Waals surface area contributed by atoms with Gasteiger partial charge in [0.15, 0.2) is 11.5 Å². The highest BCUT2D eigenvalue weighted by Crippen LogP contribution is 2.32. The molecule has 0 saturated carbocycles. The van der Waals surface area contributed by atoms with Crippen LogP contribution in [0.2, 0.25) is 0 Å². The fourth-order valence-corrected chi connectivity index (χ4v) is 3.44. The third-order valence-electron chi connectivity index (χ3n) is 4.73. The van der Waals surface area contributed by atoms with E-state index in [9.17, 15) is 0 Å².